The number of rotatable bonds is 6. The van der Waals surface area contributed by atoms with E-state index >= 15 is 0 Å². The average Bonchev–Trinajstić information content (AvgIpc) is 2.88. The number of guanidine groups is 1. The molecule has 1 aromatic heterocycles. The van der Waals surface area contributed by atoms with Crippen LogP contribution in [0.25, 0.3) is 0 Å². The molecule has 1 saturated heterocycles. The van der Waals surface area contributed by atoms with Gasteiger partial charge in [-0.05, 0) is 40.7 Å². The van der Waals surface area contributed by atoms with E-state index in [2.05, 4.69) is 51.5 Å². The Labute approximate surface area is 174 Å². The second-order valence-electron chi connectivity index (χ2n) is 7.50. The zero-order chi connectivity index (χ0) is 18.3. The Bertz CT molecular complexity index is 562. The van der Waals surface area contributed by atoms with Crippen molar-refractivity contribution < 1.29 is 4.74 Å². The molecule has 2 heterocycles. The molecule has 8 nitrogen and oxygen atoms in total. The molecule has 1 fully saturated rings. The third kappa shape index (κ3) is 8.17. The van der Waals surface area contributed by atoms with Crippen molar-refractivity contribution in [2.45, 2.75) is 46.2 Å². The first-order valence-electron chi connectivity index (χ1n) is 9.06. The zero-order valence-electron chi connectivity index (χ0n) is 16.7. The van der Waals surface area contributed by atoms with Crippen LogP contribution < -0.4 is 10.6 Å². The van der Waals surface area contributed by atoms with Crippen molar-refractivity contribution in [3.05, 3.63) is 11.6 Å². The highest BCUT2D eigenvalue weighted by Crippen LogP contribution is 2.02. The van der Waals surface area contributed by atoms with Crippen molar-refractivity contribution in [1.82, 2.24) is 30.3 Å². The Balaban J connectivity index is 0.00000338. The maximum Gasteiger partial charge on any atom is 0.192 e. The SMILES string of the molecule is Cc1nnc(CN=C(NCCCN2CCOCC2)NC(C)(C)C)n1C.I. The largest absolute Gasteiger partial charge is 0.379 e. The molecule has 0 atom stereocenters. The van der Waals surface area contributed by atoms with Crippen molar-refractivity contribution >= 4 is 29.9 Å². The van der Waals surface area contributed by atoms with Crippen molar-refractivity contribution in [1.29, 1.82) is 0 Å². The smallest absolute Gasteiger partial charge is 0.192 e. The number of halogens is 1. The van der Waals surface area contributed by atoms with Gasteiger partial charge in [0.15, 0.2) is 11.8 Å². The van der Waals surface area contributed by atoms with Gasteiger partial charge in [-0.1, -0.05) is 0 Å². The molecule has 0 aromatic carbocycles. The molecule has 2 N–H and O–H groups in total. The molecular formula is C17H34IN7O. The minimum atomic E-state index is -0.0498. The van der Waals surface area contributed by atoms with E-state index < -0.39 is 0 Å². The van der Waals surface area contributed by atoms with Crippen LogP contribution in [0.5, 0.6) is 0 Å². The summed E-state index contributed by atoms with van der Waals surface area (Å²) in [5, 5.41) is 15.1. The van der Waals surface area contributed by atoms with E-state index in [0.29, 0.717) is 6.54 Å². The second-order valence-corrected chi connectivity index (χ2v) is 7.50. The molecule has 0 bridgehead atoms. The third-order valence-corrected chi connectivity index (χ3v) is 4.10. The van der Waals surface area contributed by atoms with Gasteiger partial charge in [0, 0.05) is 32.2 Å². The van der Waals surface area contributed by atoms with Crippen LogP contribution in [-0.4, -0.2) is 70.6 Å². The number of morpholine rings is 1. The summed E-state index contributed by atoms with van der Waals surface area (Å²) in [6.07, 6.45) is 1.08. The predicted molar refractivity (Wildman–Crippen MR) is 115 cm³/mol. The van der Waals surface area contributed by atoms with Crippen LogP contribution in [0.15, 0.2) is 4.99 Å². The maximum atomic E-state index is 5.38. The summed E-state index contributed by atoms with van der Waals surface area (Å²) >= 11 is 0. The Hall–Kier alpha value is -0.940. The highest BCUT2D eigenvalue weighted by molar-refractivity contribution is 14.0. The summed E-state index contributed by atoms with van der Waals surface area (Å²) in [5.74, 6) is 2.57. The first-order chi connectivity index (χ1) is 11.8. The second kappa shape index (κ2) is 11.0. The monoisotopic (exact) mass is 479 g/mol. The van der Waals surface area contributed by atoms with E-state index in [0.717, 1.165) is 63.4 Å². The van der Waals surface area contributed by atoms with Crippen LogP contribution in [0, 0.1) is 6.92 Å². The summed E-state index contributed by atoms with van der Waals surface area (Å²) in [4.78, 5) is 7.12. The van der Waals surface area contributed by atoms with Crippen LogP contribution in [0.1, 0.15) is 38.8 Å². The summed E-state index contributed by atoms with van der Waals surface area (Å²) in [6.45, 7) is 14.6. The number of hydrogen-bond donors (Lipinski definition) is 2. The van der Waals surface area contributed by atoms with Crippen molar-refractivity contribution in [2.24, 2.45) is 12.0 Å². The van der Waals surface area contributed by atoms with Gasteiger partial charge in [0.05, 0.1) is 13.2 Å². The molecule has 150 valence electrons. The van der Waals surface area contributed by atoms with Crippen LogP contribution in [0.4, 0.5) is 0 Å². The van der Waals surface area contributed by atoms with E-state index in [9.17, 15) is 0 Å². The van der Waals surface area contributed by atoms with E-state index in [-0.39, 0.29) is 29.5 Å². The van der Waals surface area contributed by atoms with Gasteiger partial charge >= 0.3 is 0 Å². The van der Waals surface area contributed by atoms with Gasteiger partial charge in [-0.15, -0.1) is 34.2 Å². The van der Waals surface area contributed by atoms with Gasteiger partial charge in [-0.2, -0.15) is 0 Å². The Morgan fingerprint density at radius 2 is 1.92 bits per heavy atom. The van der Waals surface area contributed by atoms with Gasteiger partial charge in [-0.3, -0.25) is 4.90 Å². The normalized spacial score (nSPS) is 16.3. The molecule has 0 radical (unpaired) electrons. The number of aromatic nitrogens is 3. The highest BCUT2D eigenvalue weighted by Gasteiger charge is 2.13. The predicted octanol–water partition coefficient (Wildman–Crippen LogP) is 1.30. The third-order valence-electron chi connectivity index (χ3n) is 4.10. The van der Waals surface area contributed by atoms with Crippen LogP contribution in [0.3, 0.4) is 0 Å². The Kier molecular flexibility index (Phi) is 9.80. The molecule has 1 aliphatic rings. The molecule has 0 aliphatic carbocycles. The number of aliphatic imine (C=N–C) groups is 1. The van der Waals surface area contributed by atoms with Gasteiger partial charge in [0.25, 0.3) is 0 Å². The van der Waals surface area contributed by atoms with Crippen LogP contribution in [-0.2, 0) is 18.3 Å². The zero-order valence-corrected chi connectivity index (χ0v) is 19.0. The number of aryl methyl sites for hydroxylation is 1. The number of hydrogen-bond acceptors (Lipinski definition) is 5. The molecule has 9 heteroatoms. The number of nitrogens with one attached hydrogen (secondary N) is 2. The molecule has 0 unspecified atom stereocenters. The minimum Gasteiger partial charge on any atom is -0.379 e. The lowest BCUT2D eigenvalue weighted by molar-refractivity contribution is 0.0376. The fourth-order valence-corrected chi connectivity index (χ4v) is 2.57. The Morgan fingerprint density at radius 3 is 2.50 bits per heavy atom. The van der Waals surface area contributed by atoms with Crippen LogP contribution >= 0.6 is 24.0 Å². The van der Waals surface area contributed by atoms with Gasteiger partial charge in [-0.25, -0.2) is 4.99 Å². The van der Waals surface area contributed by atoms with Gasteiger partial charge < -0.3 is 19.9 Å². The molecule has 2 rings (SSSR count). The fraction of sp³-hybridized carbons (Fsp3) is 0.824. The molecule has 1 aromatic rings. The lowest BCUT2D eigenvalue weighted by atomic mass is 10.1. The summed E-state index contributed by atoms with van der Waals surface area (Å²) < 4.78 is 7.35. The quantitative estimate of drug-likeness (QED) is 0.277. The highest BCUT2D eigenvalue weighted by atomic mass is 127. The molecule has 0 saturated carbocycles. The first-order valence-corrected chi connectivity index (χ1v) is 9.06. The van der Waals surface area contributed by atoms with E-state index in [1.54, 1.807) is 0 Å². The number of nitrogens with zero attached hydrogens (tertiary/aromatic N) is 5. The topological polar surface area (TPSA) is 79.6 Å². The Morgan fingerprint density at radius 1 is 1.23 bits per heavy atom. The molecule has 26 heavy (non-hydrogen) atoms. The first kappa shape index (κ1) is 23.1. The summed E-state index contributed by atoms with van der Waals surface area (Å²) in [7, 11) is 1.97. The van der Waals surface area contributed by atoms with E-state index in [4.69, 9.17) is 4.74 Å². The van der Waals surface area contributed by atoms with Gasteiger partial charge in [0.2, 0.25) is 0 Å². The number of ether oxygens (including phenoxy) is 1. The molecular weight excluding hydrogens is 445 g/mol. The molecule has 0 amide bonds. The standard InChI is InChI=1S/C17H33N7O.HI/c1-14-21-22-15(23(14)5)13-19-16(20-17(2,3)4)18-7-6-8-24-9-11-25-12-10-24;/h6-13H2,1-5H3,(H2,18,19,20);1H. The average molecular weight is 479 g/mol. The maximum absolute atomic E-state index is 5.38. The van der Waals surface area contributed by atoms with Crippen molar-refractivity contribution in [2.75, 3.05) is 39.4 Å². The fourth-order valence-electron chi connectivity index (χ4n) is 2.57. The lowest BCUT2D eigenvalue weighted by Crippen LogP contribution is -2.48. The molecule has 1 aliphatic heterocycles. The van der Waals surface area contributed by atoms with Crippen molar-refractivity contribution in [3.63, 3.8) is 0 Å². The van der Waals surface area contributed by atoms with Crippen LogP contribution in [0.2, 0.25) is 0 Å². The van der Waals surface area contributed by atoms with E-state index in [1.807, 2.05) is 18.5 Å². The summed E-state index contributed by atoms with van der Waals surface area (Å²) in [5.41, 5.74) is -0.0498. The molecule has 0 spiro atoms. The van der Waals surface area contributed by atoms with E-state index in [1.165, 1.54) is 0 Å². The van der Waals surface area contributed by atoms with Crippen molar-refractivity contribution in [3.8, 4) is 0 Å². The van der Waals surface area contributed by atoms with Gasteiger partial charge in [0.1, 0.15) is 12.4 Å². The minimum absolute atomic E-state index is 0. The summed E-state index contributed by atoms with van der Waals surface area (Å²) in [6, 6.07) is 0. The lowest BCUT2D eigenvalue weighted by Gasteiger charge is -2.27.